The molecule has 0 bridgehead atoms. The van der Waals surface area contributed by atoms with Crippen LogP contribution in [0.15, 0.2) is 22.0 Å². The van der Waals surface area contributed by atoms with Crippen LogP contribution in [0, 0.1) is 0 Å². The highest BCUT2D eigenvalue weighted by Crippen LogP contribution is 2.14. The van der Waals surface area contributed by atoms with E-state index in [-0.39, 0.29) is 6.54 Å². The molecule has 0 fully saturated rings. The number of hydrogen-bond acceptors (Lipinski definition) is 5. The monoisotopic (exact) mass is 258 g/mol. The molecule has 0 aliphatic heterocycles. The molecule has 0 radical (unpaired) electrons. The molecule has 0 saturated heterocycles. The van der Waals surface area contributed by atoms with Gasteiger partial charge in [0, 0.05) is 19.4 Å². The van der Waals surface area contributed by atoms with Gasteiger partial charge in [0.05, 0.1) is 6.54 Å². The summed E-state index contributed by atoms with van der Waals surface area (Å²) < 4.78 is 2.82. The smallest absolute Gasteiger partial charge is 0.312 e. The van der Waals surface area contributed by atoms with E-state index >= 15 is 0 Å². The first-order chi connectivity index (χ1) is 7.58. The van der Waals surface area contributed by atoms with E-state index in [1.54, 1.807) is 0 Å². The summed E-state index contributed by atoms with van der Waals surface area (Å²) in [5.74, 6) is 0. The Hall–Kier alpha value is -1.47. The number of halogens is 1. The summed E-state index contributed by atoms with van der Waals surface area (Å²) in [6.45, 7) is 0.208. The zero-order valence-electron chi connectivity index (χ0n) is 8.25. The van der Waals surface area contributed by atoms with Gasteiger partial charge in [-0.3, -0.25) is 9.59 Å². The van der Waals surface area contributed by atoms with Gasteiger partial charge >= 0.3 is 11.1 Å². The molecule has 0 saturated carbocycles. The van der Waals surface area contributed by atoms with Crippen LogP contribution in [0.3, 0.4) is 0 Å². The third-order valence-electron chi connectivity index (χ3n) is 1.98. The molecule has 0 spiro atoms. The SMILES string of the molecule is Cn1ccn(Cc2nnc(Cl)s2)c(=O)c1=O. The Balaban J connectivity index is 2.40. The lowest BCUT2D eigenvalue weighted by molar-refractivity contribution is 0.688. The van der Waals surface area contributed by atoms with Crippen LogP contribution in [0.4, 0.5) is 0 Å². The molecule has 0 amide bonds. The van der Waals surface area contributed by atoms with Crippen LogP contribution in [0.2, 0.25) is 4.47 Å². The largest absolute Gasteiger partial charge is 0.316 e. The van der Waals surface area contributed by atoms with E-state index in [1.807, 2.05) is 0 Å². The molecule has 2 heterocycles. The predicted molar refractivity (Wildman–Crippen MR) is 60.0 cm³/mol. The van der Waals surface area contributed by atoms with Crippen molar-refractivity contribution >= 4 is 22.9 Å². The van der Waals surface area contributed by atoms with E-state index in [2.05, 4.69) is 10.2 Å². The van der Waals surface area contributed by atoms with Crippen molar-refractivity contribution in [2.24, 2.45) is 7.05 Å². The fraction of sp³-hybridized carbons (Fsp3) is 0.250. The highest BCUT2D eigenvalue weighted by molar-refractivity contribution is 7.15. The van der Waals surface area contributed by atoms with Gasteiger partial charge in [-0.15, -0.1) is 10.2 Å². The summed E-state index contributed by atoms with van der Waals surface area (Å²) in [5, 5.41) is 7.97. The van der Waals surface area contributed by atoms with Crippen molar-refractivity contribution in [3.05, 3.63) is 42.6 Å². The van der Waals surface area contributed by atoms with Gasteiger partial charge in [0.25, 0.3) is 0 Å². The first-order valence-corrected chi connectivity index (χ1v) is 5.51. The zero-order valence-corrected chi connectivity index (χ0v) is 9.83. The third-order valence-corrected chi connectivity index (χ3v) is 2.99. The summed E-state index contributed by atoms with van der Waals surface area (Å²) in [7, 11) is 1.52. The summed E-state index contributed by atoms with van der Waals surface area (Å²) in [4.78, 5) is 22.9. The van der Waals surface area contributed by atoms with Crippen molar-refractivity contribution in [3.8, 4) is 0 Å². The topological polar surface area (TPSA) is 69.8 Å². The molecule has 2 rings (SSSR count). The van der Waals surface area contributed by atoms with Gasteiger partial charge in [0.1, 0.15) is 5.01 Å². The van der Waals surface area contributed by atoms with Crippen LogP contribution >= 0.6 is 22.9 Å². The van der Waals surface area contributed by atoms with E-state index in [1.165, 1.54) is 39.9 Å². The van der Waals surface area contributed by atoms with E-state index in [4.69, 9.17) is 11.6 Å². The van der Waals surface area contributed by atoms with Gasteiger partial charge in [0.15, 0.2) is 0 Å². The Kier molecular flexibility index (Phi) is 2.88. The Bertz CT molecular complexity index is 629. The molecule has 0 aromatic carbocycles. The quantitative estimate of drug-likeness (QED) is 0.717. The Morgan fingerprint density at radius 2 is 2.06 bits per heavy atom. The van der Waals surface area contributed by atoms with Gasteiger partial charge in [-0.05, 0) is 11.6 Å². The highest BCUT2D eigenvalue weighted by atomic mass is 35.5. The molecular formula is C8H7ClN4O2S. The predicted octanol–water partition coefficient (Wildman–Crippen LogP) is 0.100. The summed E-state index contributed by atoms with van der Waals surface area (Å²) >= 11 is 6.79. The maximum Gasteiger partial charge on any atom is 0.316 e. The summed E-state index contributed by atoms with van der Waals surface area (Å²) in [6, 6.07) is 0. The minimum Gasteiger partial charge on any atom is -0.312 e. The lowest BCUT2D eigenvalue weighted by Gasteiger charge is -2.02. The fourth-order valence-electron chi connectivity index (χ4n) is 1.16. The van der Waals surface area contributed by atoms with Crippen LogP contribution in [-0.2, 0) is 13.6 Å². The number of aromatic nitrogens is 4. The second-order valence-corrected chi connectivity index (χ2v) is 4.74. The zero-order chi connectivity index (χ0) is 11.7. The molecule has 8 heteroatoms. The average Bonchev–Trinajstić information content (AvgIpc) is 2.65. The first kappa shape index (κ1) is 11.0. The van der Waals surface area contributed by atoms with Crippen molar-refractivity contribution < 1.29 is 0 Å². The fourth-order valence-corrected chi connectivity index (χ4v) is 2.02. The van der Waals surface area contributed by atoms with E-state index in [0.717, 1.165) is 0 Å². The molecule has 0 atom stereocenters. The lowest BCUT2D eigenvalue weighted by Crippen LogP contribution is -2.39. The van der Waals surface area contributed by atoms with Gasteiger partial charge in [-0.2, -0.15) is 0 Å². The van der Waals surface area contributed by atoms with Crippen LogP contribution in [0.25, 0.3) is 0 Å². The number of aryl methyl sites for hydroxylation is 1. The van der Waals surface area contributed by atoms with Crippen LogP contribution < -0.4 is 11.1 Å². The van der Waals surface area contributed by atoms with Crippen molar-refractivity contribution in [1.82, 2.24) is 19.3 Å². The van der Waals surface area contributed by atoms with Crippen molar-refractivity contribution in [3.63, 3.8) is 0 Å². The summed E-state index contributed by atoms with van der Waals surface area (Å²) in [6.07, 6.45) is 3.05. The number of hydrogen-bond donors (Lipinski definition) is 0. The average molecular weight is 259 g/mol. The molecule has 0 aliphatic rings. The van der Waals surface area contributed by atoms with E-state index in [9.17, 15) is 9.59 Å². The van der Waals surface area contributed by atoms with Gasteiger partial charge < -0.3 is 9.13 Å². The maximum atomic E-state index is 11.6. The van der Waals surface area contributed by atoms with E-state index in [0.29, 0.717) is 9.47 Å². The Morgan fingerprint density at radius 1 is 1.31 bits per heavy atom. The first-order valence-electron chi connectivity index (χ1n) is 4.32. The molecule has 16 heavy (non-hydrogen) atoms. The molecule has 0 aliphatic carbocycles. The molecule has 6 nitrogen and oxygen atoms in total. The van der Waals surface area contributed by atoms with Crippen LogP contribution in [-0.4, -0.2) is 19.3 Å². The van der Waals surface area contributed by atoms with Gasteiger partial charge in [-0.25, -0.2) is 0 Å². The second kappa shape index (κ2) is 4.18. The Morgan fingerprint density at radius 3 is 2.69 bits per heavy atom. The summed E-state index contributed by atoms with van der Waals surface area (Å²) in [5.41, 5.74) is -1.16. The molecule has 0 unspecified atom stereocenters. The van der Waals surface area contributed by atoms with Crippen molar-refractivity contribution in [1.29, 1.82) is 0 Å². The highest BCUT2D eigenvalue weighted by Gasteiger charge is 2.06. The molecule has 84 valence electrons. The second-order valence-electron chi connectivity index (χ2n) is 3.10. The van der Waals surface area contributed by atoms with Crippen LogP contribution in [0.1, 0.15) is 5.01 Å². The van der Waals surface area contributed by atoms with Crippen molar-refractivity contribution in [2.75, 3.05) is 0 Å². The third kappa shape index (κ3) is 2.05. The van der Waals surface area contributed by atoms with Crippen LogP contribution in [0.5, 0.6) is 0 Å². The van der Waals surface area contributed by atoms with Crippen molar-refractivity contribution in [2.45, 2.75) is 6.54 Å². The van der Waals surface area contributed by atoms with Gasteiger partial charge in [-0.1, -0.05) is 11.3 Å². The molecular weight excluding hydrogens is 252 g/mol. The molecule has 2 aromatic heterocycles. The van der Waals surface area contributed by atoms with Gasteiger partial charge in [0.2, 0.25) is 4.47 Å². The number of rotatable bonds is 2. The lowest BCUT2D eigenvalue weighted by atomic mass is 10.5. The van der Waals surface area contributed by atoms with E-state index < -0.39 is 11.1 Å². The minimum atomic E-state index is -0.587. The normalized spacial score (nSPS) is 10.6. The minimum absolute atomic E-state index is 0.208. The Labute approximate surface area is 98.8 Å². The standard InChI is InChI=1S/C8H7ClN4O2S/c1-12-2-3-13(7(15)6(12)14)4-5-10-11-8(9)16-5/h2-3H,4H2,1H3. The number of nitrogens with zero attached hydrogens (tertiary/aromatic N) is 4. The molecule has 0 N–H and O–H groups in total. The maximum absolute atomic E-state index is 11.6. The molecule has 2 aromatic rings.